The molecule has 0 amide bonds. The number of fused-ring (bicyclic) bond motifs is 3. The lowest BCUT2D eigenvalue weighted by molar-refractivity contribution is 1.61. The summed E-state index contributed by atoms with van der Waals surface area (Å²) in [6.45, 7) is 0. The third kappa shape index (κ3) is 4.44. The second-order valence-electron chi connectivity index (χ2n) is 11.0. The number of hydrogen-bond donors (Lipinski definition) is 0. The Balaban J connectivity index is 1.12. The van der Waals surface area contributed by atoms with E-state index in [9.17, 15) is 0 Å². The van der Waals surface area contributed by atoms with E-state index in [4.69, 9.17) is 0 Å². The molecule has 0 fully saturated rings. The SMILES string of the molecule is c1ccc(-c2ccc3cc(-c4cccc(-c5ccc6cc(-c7cccc8ccccc78)ccc6c5)c4)ccc3c2)cc1. The first-order chi connectivity index (χ1) is 20.8. The van der Waals surface area contributed by atoms with Crippen LogP contribution in [-0.4, -0.2) is 0 Å². The molecular weight excluding hydrogens is 504 g/mol. The summed E-state index contributed by atoms with van der Waals surface area (Å²) >= 11 is 0. The fraction of sp³-hybridized carbons (Fsp3) is 0. The van der Waals surface area contributed by atoms with Crippen LogP contribution in [0.3, 0.4) is 0 Å². The summed E-state index contributed by atoms with van der Waals surface area (Å²) in [6, 6.07) is 61.8. The summed E-state index contributed by atoms with van der Waals surface area (Å²) in [5.74, 6) is 0. The van der Waals surface area contributed by atoms with Crippen molar-refractivity contribution in [2.24, 2.45) is 0 Å². The molecule has 0 unspecified atom stereocenters. The van der Waals surface area contributed by atoms with Gasteiger partial charge in [-0.15, -0.1) is 0 Å². The van der Waals surface area contributed by atoms with Crippen LogP contribution in [0.25, 0.3) is 76.8 Å². The van der Waals surface area contributed by atoms with Gasteiger partial charge in [0.1, 0.15) is 0 Å². The van der Waals surface area contributed by atoms with Crippen molar-refractivity contribution in [3.8, 4) is 44.5 Å². The maximum atomic E-state index is 2.32. The van der Waals surface area contributed by atoms with Crippen LogP contribution in [0.15, 0.2) is 170 Å². The second kappa shape index (κ2) is 10.2. The van der Waals surface area contributed by atoms with Gasteiger partial charge >= 0.3 is 0 Å². The molecule has 196 valence electrons. The Kier molecular flexibility index (Phi) is 5.90. The van der Waals surface area contributed by atoms with Gasteiger partial charge in [0.2, 0.25) is 0 Å². The predicted octanol–water partition coefficient (Wildman–Crippen LogP) is 11.8. The third-order valence-corrected chi connectivity index (χ3v) is 8.42. The minimum atomic E-state index is 1.23. The van der Waals surface area contributed by atoms with Crippen LogP contribution in [0.4, 0.5) is 0 Å². The standard InChI is InChI=1S/C42H28/c1-2-8-29(9-3-1)33-16-17-37-26-34(18-20-36(37)25-33)31-12-6-13-32(24-31)35-19-21-39-28-40(23-22-38(39)27-35)42-15-7-11-30-10-4-5-14-41(30)42/h1-28H. The Bertz CT molecular complexity index is 2230. The molecule has 0 heterocycles. The highest BCUT2D eigenvalue weighted by Gasteiger charge is 2.08. The molecule has 8 rings (SSSR count). The molecule has 0 nitrogen and oxygen atoms in total. The van der Waals surface area contributed by atoms with Gasteiger partial charge in [0, 0.05) is 0 Å². The van der Waals surface area contributed by atoms with E-state index in [0.717, 1.165) is 0 Å². The van der Waals surface area contributed by atoms with Crippen molar-refractivity contribution in [3.63, 3.8) is 0 Å². The second-order valence-corrected chi connectivity index (χ2v) is 11.0. The Morgan fingerprint density at radius 1 is 0.214 bits per heavy atom. The zero-order valence-electron chi connectivity index (χ0n) is 23.2. The predicted molar refractivity (Wildman–Crippen MR) is 181 cm³/mol. The summed E-state index contributed by atoms with van der Waals surface area (Å²) < 4.78 is 0. The highest BCUT2D eigenvalue weighted by Crippen LogP contribution is 2.34. The van der Waals surface area contributed by atoms with Crippen molar-refractivity contribution in [3.05, 3.63) is 170 Å². The average Bonchev–Trinajstić information content (AvgIpc) is 3.07. The molecule has 0 atom stereocenters. The van der Waals surface area contributed by atoms with E-state index >= 15 is 0 Å². The van der Waals surface area contributed by atoms with Crippen LogP contribution in [0.5, 0.6) is 0 Å². The average molecular weight is 533 g/mol. The molecule has 8 aromatic rings. The van der Waals surface area contributed by atoms with Crippen molar-refractivity contribution in [1.29, 1.82) is 0 Å². The molecule has 0 saturated carbocycles. The van der Waals surface area contributed by atoms with E-state index in [-0.39, 0.29) is 0 Å². The van der Waals surface area contributed by atoms with Gasteiger partial charge in [-0.3, -0.25) is 0 Å². The Morgan fingerprint density at radius 2 is 0.643 bits per heavy atom. The summed E-state index contributed by atoms with van der Waals surface area (Å²) in [5.41, 5.74) is 9.95. The first-order valence-corrected chi connectivity index (χ1v) is 14.5. The van der Waals surface area contributed by atoms with Gasteiger partial charge in [-0.2, -0.15) is 0 Å². The topological polar surface area (TPSA) is 0 Å². The molecule has 0 heteroatoms. The third-order valence-electron chi connectivity index (χ3n) is 8.42. The van der Waals surface area contributed by atoms with E-state index in [1.54, 1.807) is 0 Å². The van der Waals surface area contributed by atoms with Crippen molar-refractivity contribution in [1.82, 2.24) is 0 Å². The molecule has 0 radical (unpaired) electrons. The Labute approximate surface area is 246 Å². The van der Waals surface area contributed by atoms with Crippen molar-refractivity contribution in [2.75, 3.05) is 0 Å². The molecule has 0 saturated heterocycles. The van der Waals surface area contributed by atoms with Gasteiger partial charge in [-0.25, -0.2) is 0 Å². The monoisotopic (exact) mass is 532 g/mol. The lowest BCUT2D eigenvalue weighted by Crippen LogP contribution is -1.85. The van der Waals surface area contributed by atoms with Crippen molar-refractivity contribution in [2.45, 2.75) is 0 Å². The zero-order chi connectivity index (χ0) is 27.9. The van der Waals surface area contributed by atoms with E-state index in [1.165, 1.54) is 76.8 Å². The van der Waals surface area contributed by atoms with Crippen LogP contribution in [0.1, 0.15) is 0 Å². The molecule has 0 aliphatic heterocycles. The van der Waals surface area contributed by atoms with Crippen LogP contribution in [0, 0.1) is 0 Å². The maximum Gasteiger partial charge on any atom is -0.0105 e. The van der Waals surface area contributed by atoms with Crippen LogP contribution in [-0.2, 0) is 0 Å². The summed E-state index contributed by atoms with van der Waals surface area (Å²) in [6.07, 6.45) is 0. The smallest absolute Gasteiger partial charge is 0.0105 e. The fourth-order valence-electron chi connectivity index (χ4n) is 6.18. The first-order valence-electron chi connectivity index (χ1n) is 14.5. The van der Waals surface area contributed by atoms with Gasteiger partial charge in [0.25, 0.3) is 0 Å². The highest BCUT2D eigenvalue weighted by atomic mass is 14.1. The lowest BCUT2D eigenvalue weighted by Gasteiger charge is -2.11. The Hall–Kier alpha value is -5.46. The molecule has 8 aromatic carbocycles. The van der Waals surface area contributed by atoms with Gasteiger partial charge in [0.15, 0.2) is 0 Å². The number of rotatable bonds is 4. The molecule has 0 spiro atoms. The fourth-order valence-corrected chi connectivity index (χ4v) is 6.18. The zero-order valence-corrected chi connectivity index (χ0v) is 23.2. The molecule has 0 bridgehead atoms. The minimum absolute atomic E-state index is 1.23. The lowest BCUT2D eigenvalue weighted by atomic mass is 9.93. The molecule has 42 heavy (non-hydrogen) atoms. The van der Waals surface area contributed by atoms with Gasteiger partial charge in [0.05, 0.1) is 0 Å². The normalized spacial score (nSPS) is 11.3. The molecule has 0 aliphatic rings. The van der Waals surface area contributed by atoms with Crippen molar-refractivity contribution < 1.29 is 0 Å². The molecule has 0 aliphatic carbocycles. The molecule has 0 N–H and O–H groups in total. The Morgan fingerprint density at radius 3 is 1.29 bits per heavy atom. The number of benzene rings is 8. The largest absolute Gasteiger partial charge is 0.0622 e. The summed E-state index contributed by atoms with van der Waals surface area (Å²) in [7, 11) is 0. The highest BCUT2D eigenvalue weighted by molar-refractivity contribution is 5.99. The van der Waals surface area contributed by atoms with Gasteiger partial charge in [-0.1, -0.05) is 140 Å². The summed E-state index contributed by atoms with van der Waals surface area (Å²) in [4.78, 5) is 0. The minimum Gasteiger partial charge on any atom is -0.0622 e. The van der Waals surface area contributed by atoms with Crippen molar-refractivity contribution >= 4 is 32.3 Å². The van der Waals surface area contributed by atoms with Gasteiger partial charge < -0.3 is 0 Å². The van der Waals surface area contributed by atoms with Crippen LogP contribution in [0.2, 0.25) is 0 Å². The number of hydrogen-bond acceptors (Lipinski definition) is 0. The first kappa shape index (κ1) is 24.3. The van der Waals surface area contributed by atoms with E-state index < -0.39 is 0 Å². The molecule has 0 aromatic heterocycles. The quantitative estimate of drug-likeness (QED) is 0.211. The van der Waals surface area contributed by atoms with Crippen LogP contribution >= 0.6 is 0 Å². The van der Waals surface area contributed by atoms with Crippen LogP contribution < -0.4 is 0 Å². The summed E-state index contributed by atoms with van der Waals surface area (Å²) in [5, 5.41) is 7.58. The maximum absolute atomic E-state index is 2.32. The van der Waals surface area contributed by atoms with E-state index in [0.29, 0.717) is 0 Å². The van der Waals surface area contributed by atoms with E-state index in [2.05, 4.69) is 170 Å². The van der Waals surface area contributed by atoms with Gasteiger partial charge in [-0.05, 0) is 107 Å². The molecular formula is C42H28. The van der Waals surface area contributed by atoms with E-state index in [1.807, 2.05) is 0 Å².